The van der Waals surface area contributed by atoms with E-state index in [2.05, 4.69) is 65.6 Å². The highest BCUT2D eigenvalue weighted by atomic mass is 79.9. The molecular formula is C28H32BrNO2. The molecule has 168 valence electrons. The van der Waals surface area contributed by atoms with Gasteiger partial charge in [0.1, 0.15) is 18.1 Å². The predicted molar refractivity (Wildman–Crippen MR) is 135 cm³/mol. The van der Waals surface area contributed by atoms with Crippen molar-refractivity contribution in [3.05, 3.63) is 95.1 Å². The maximum Gasteiger partial charge on any atom is 0.119 e. The Morgan fingerprint density at radius 2 is 1.62 bits per heavy atom. The number of likely N-dealkylation sites (tertiary alicyclic amines) is 1. The lowest BCUT2D eigenvalue weighted by molar-refractivity contribution is 0.237. The third kappa shape index (κ3) is 5.02. The van der Waals surface area contributed by atoms with Crippen LogP contribution in [0.4, 0.5) is 0 Å². The molecule has 0 aromatic heterocycles. The van der Waals surface area contributed by atoms with Crippen LogP contribution in [0.5, 0.6) is 11.5 Å². The van der Waals surface area contributed by atoms with Crippen LogP contribution in [-0.2, 0) is 6.42 Å². The highest BCUT2D eigenvalue weighted by Crippen LogP contribution is 2.47. The summed E-state index contributed by atoms with van der Waals surface area (Å²) in [5.74, 6) is 2.02. The van der Waals surface area contributed by atoms with Crippen LogP contribution in [0, 0.1) is 0 Å². The Labute approximate surface area is 201 Å². The molecule has 2 atom stereocenters. The van der Waals surface area contributed by atoms with Crippen molar-refractivity contribution in [2.75, 3.05) is 26.2 Å². The molecule has 0 amide bonds. The third-order valence-electron chi connectivity index (χ3n) is 6.93. The van der Waals surface area contributed by atoms with Gasteiger partial charge in [0.2, 0.25) is 0 Å². The number of phenolic OH excluding ortho intramolecular Hbond substituents is 1. The summed E-state index contributed by atoms with van der Waals surface area (Å²) in [5, 5.41) is 10.0. The van der Waals surface area contributed by atoms with Crippen molar-refractivity contribution in [2.24, 2.45) is 0 Å². The van der Waals surface area contributed by atoms with Crippen LogP contribution in [0.25, 0.3) is 0 Å². The summed E-state index contributed by atoms with van der Waals surface area (Å²) in [5.41, 5.74) is 5.30. The molecular weight excluding hydrogens is 462 g/mol. The van der Waals surface area contributed by atoms with Crippen molar-refractivity contribution in [3.8, 4) is 11.5 Å². The number of benzene rings is 3. The third-order valence-corrected chi connectivity index (χ3v) is 6.93. The van der Waals surface area contributed by atoms with Gasteiger partial charge in [-0.3, -0.25) is 4.90 Å². The summed E-state index contributed by atoms with van der Waals surface area (Å²) in [6.45, 7) is 4.18. The van der Waals surface area contributed by atoms with Crippen molar-refractivity contribution in [1.29, 1.82) is 0 Å². The maximum atomic E-state index is 10.0. The fourth-order valence-corrected chi connectivity index (χ4v) is 5.35. The number of phenols is 1. The van der Waals surface area contributed by atoms with E-state index in [1.807, 2.05) is 12.1 Å². The summed E-state index contributed by atoms with van der Waals surface area (Å²) in [6.07, 6.45) is 4.71. The average molecular weight is 494 g/mol. The van der Waals surface area contributed by atoms with Gasteiger partial charge < -0.3 is 9.84 Å². The smallest absolute Gasteiger partial charge is 0.119 e. The van der Waals surface area contributed by atoms with Crippen LogP contribution >= 0.6 is 17.0 Å². The molecule has 3 aromatic rings. The molecule has 1 saturated heterocycles. The molecule has 1 aliphatic carbocycles. The van der Waals surface area contributed by atoms with Crippen molar-refractivity contribution in [1.82, 2.24) is 4.90 Å². The Morgan fingerprint density at radius 1 is 0.875 bits per heavy atom. The molecule has 1 heterocycles. The van der Waals surface area contributed by atoms with Crippen LogP contribution in [0.3, 0.4) is 0 Å². The molecule has 3 nitrogen and oxygen atoms in total. The highest BCUT2D eigenvalue weighted by Gasteiger charge is 2.32. The van der Waals surface area contributed by atoms with Gasteiger partial charge in [-0.15, -0.1) is 17.0 Å². The van der Waals surface area contributed by atoms with Gasteiger partial charge in [0.15, 0.2) is 0 Å². The minimum Gasteiger partial charge on any atom is -0.508 e. The number of aryl methyl sites for hydroxylation is 1. The molecule has 1 N–H and O–H groups in total. The van der Waals surface area contributed by atoms with Crippen molar-refractivity contribution >= 4 is 17.0 Å². The van der Waals surface area contributed by atoms with Gasteiger partial charge in [-0.05, 0) is 91.2 Å². The van der Waals surface area contributed by atoms with Crippen LogP contribution in [0.1, 0.15) is 53.4 Å². The zero-order valence-corrected chi connectivity index (χ0v) is 20.2. The van der Waals surface area contributed by atoms with Gasteiger partial charge >= 0.3 is 0 Å². The minimum absolute atomic E-state index is 0. The van der Waals surface area contributed by atoms with E-state index < -0.39 is 0 Å². The van der Waals surface area contributed by atoms with Crippen LogP contribution in [0.15, 0.2) is 72.8 Å². The molecule has 2 unspecified atom stereocenters. The van der Waals surface area contributed by atoms with Crippen LogP contribution in [0.2, 0.25) is 0 Å². The summed E-state index contributed by atoms with van der Waals surface area (Å²) in [4.78, 5) is 2.48. The normalized spacial score (nSPS) is 20.4. The first kappa shape index (κ1) is 22.9. The highest BCUT2D eigenvalue weighted by molar-refractivity contribution is 8.93. The van der Waals surface area contributed by atoms with Gasteiger partial charge in [0, 0.05) is 12.5 Å². The molecule has 0 spiro atoms. The van der Waals surface area contributed by atoms with E-state index >= 15 is 0 Å². The lowest BCUT2D eigenvalue weighted by Gasteiger charge is -2.35. The Hall–Kier alpha value is -2.30. The molecule has 0 radical (unpaired) electrons. The second-order valence-electron chi connectivity index (χ2n) is 8.88. The molecule has 0 saturated carbocycles. The quantitative estimate of drug-likeness (QED) is 0.436. The number of ether oxygens (including phenoxy) is 1. The summed E-state index contributed by atoms with van der Waals surface area (Å²) in [7, 11) is 0. The predicted octanol–water partition coefficient (Wildman–Crippen LogP) is 6.31. The van der Waals surface area contributed by atoms with Gasteiger partial charge in [0.05, 0.1) is 0 Å². The van der Waals surface area contributed by atoms with E-state index in [1.54, 1.807) is 0 Å². The molecule has 1 fully saturated rings. The van der Waals surface area contributed by atoms with E-state index in [-0.39, 0.29) is 22.9 Å². The Kier molecular flexibility index (Phi) is 7.54. The number of rotatable bonds is 6. The summed E-state index contributed by atoms with van der Waals surface area (Å²) >= 11 is 0. The number of nitrogens with zero attached hydrogens (tertiary/aromatic N) is 1. The fourth-order valence-electron chi connectivity index (χ4n) is 5.35. The minimum atomic E-state index is 0. The van der Waals surface area contributed by atoms with Gasteiger partial charge in [-0.25, -0.2) is 0 Å². The fraction of sp³-hybridized carbons (Fsp3) is 0.357. The van der Waals surface area contributed by atoms with E-state index in [4.69, 9.17) is 4.74 Å². The first-order valence-electron chi connectivity index (χ1n) is 11.6. The monoisotopic (exact) mass is 493 g/mol. The largest absolute Gasteiger partial charge is 0.508 e. The number of fused-ring (bicyclic) bond motifs is 1. The standard InChI is InChI=1S/C28H31NO2.BrH/c30-24-11-15-27-23(20-24)10-14-26(21-6-2-1-3-7-21)28(27)22-8-12-25(13-9-22)31-19-18-29-16-4-5-17-29;/h1-3,6-9,11-13,15,20,26,28,30H,4-5,10,14,16-19H2;1H. The summed E-state index contributed by atoms with van der Waals surface area (Å²) < 4.78 is 6.03. The van der Waals surface area contributed by atoms with E-state index in [9.17, 15) is 5.11 Å². The first-order chi connectivity index (χ1) is 15.3. The summed E-state index contributed by atoms with van der Waals surface area (Å²) in [6, 6.07) is 25.4. The number of halogens is 1. The van der Waals surface area contributed by atoms with Crippen LogP contribution < -0.4 is 4.74 Å². The number of aromatic hydroxyl groups is 1. The SMILES string of the molecule is Br.Oc1ccc2c(c1)CCC(c1ccccc1)C2c1ccc(OCCN2CCCC2)cc1. The van der Waals surface area contributed by atoms with Crippen molar-refractivity contribution < 1.29 is 9.84 Å². The molecule has 32 heavy (non-hydrogen) atoms. The molecule has 2 aliphatic rings. The van der Waals surface area contributed by atoms with Crippen LogP contribution in [-0.4, -0.2) is 36.2 Å². The number of hydrogen-bond donors (Lipinski definition) is 1. The Morgan fingerprint density at radius 3 is 2.38 bits per heavy atom. The molecule has 0 bridgehead atoms. The van der Waals surface area contributed by atoms with Gasteiger partial charge in [0.25, 0.3) is 0 Å². The Bertz CT molecular complexity index is 1000. The lowest BCUT2D eigenvalue weighted by atomic mass is 9.69. The van der Waals surface area contributed by atoms with Crippen molar-refractivity contribution in [3.63, 3.8) is 0 Å². The van der Waals surface area contributed by atoms with E-state index in [0.29, 0.717) is 11.7 Å². The van der Waals surface area contributed by atoms with Gasteiger partial charge in [-0.1, -0.05) is 48.5 Å². The van der Waals surface area contributed by atoms with Crippen molar-refractivity contribution in [2.45, 2.75) is 37.5 Å². The second-order valence-corrected chi connectivity index (χ2v) is 8.88. The van der Waals surface area contributed by atoms with E-state index in [1.165, 1.54) is 48.2 Å². The molecule has 4 heteroatoms. The lowest BCUT2D eigenvalue weighted by Crippen LogP contribution is -2.25. The molecule has 5 rings (SSSR count). The number of hydrogen-bond acceptors (Lipinski definition) is 3. The molecule has 3 aromatic carbocycles. The Balaban J connectivity index is 0.00000245. The zero-order chi connectivity index (χ0) is 21.0. The maximum absolute atomic E-state index is 10.0. The first-order valence-corrected chi connectivity index (χ1v) is 11.6. The average Bonchev–Trinajstić information content (AvgIpc) is 3.33. The zero-order valence-electron chi connectivity index (χ0n) is 18.5. The topological polar surface area (TPSA) is 32.7 Å². The molecule has 1 aliphatic heterocycles. The van der Waals surface area contributed by atoms with Gasteiger partial charge in [-0.2, -0.15) is 0 Å². The van der Waals surface area contributed by atoms with E-state index in [0.717, 1.165) is 31.7 Å². The second kappa shape index (κ2) is 10.5.